The number of hydrogen-bond acceptors (Lipinski definition) is 4. The van der Waals surface area contributed by atoms with Gasteiger partial charge in [-0.25, -0.2) is 4.79 Å². The molecule has 1 heterocycles. The van der Waals surface area contributed by atoms with Crippen LogP contribution < -0.4 is 5.32 Å². The first-order valence-corrected chi connectivity index (χ1v) is 4.71. The maximum atomic E-state index is 11.3. The maximum Gasteiger partial charge on any atom is 0.336 e. The Balaban J connectivity index is 1.87. The summed E-state index contributed by atoms with van der Waals surface area (Å²) in [5.74, 6) is -1.16. The molecule has 14 heavy (non-hydrogen) atoms. The summed E-state index contributed by atoms with van der Waals surface area (Å²) in [6.07, 6.45) is 2.34. The Kier molecular flexibility index (Phi) is 2.23. The van der Waals surface area contributed by atoms with Crippen LogP contribution in [-0.4, -0.2) is 23.9 Å². The molecule has 1 aliphatic carbocycles. The molecule has 0 spiro atoms. The summed E-state index contributed by atoms with van der Waals surface area (Å²) in [4.78, 5) is 33.1. The fraction of sp³-hybridized carbons (Fsp3) is 0.667. The summed E-state index contributed by atoms with van der Waals surface area (Å²) in [7, 11) is 0. The molecule has 1 amide bonds. The summed E-state index contributed by atoms with van der Waals surface area (Å²) in [6.45, 7) is 0. The first-order valence-electron chi connectivity index (χ1n) is 4.71. The van der Waals surface area contributed by atoms with Gasteiger partial charge in [0.25, 0.3) is 0 Å². The molecule has 0 bridgehead atoms. The van der Waals surface area contributed by atoms with E-state index in [0.717, 1.165) is 12.8 Å². The van der Waals surface area contributed by atoms with Crippen LogP contribution in [0.5, 0.6) is 0 Å². The molecule has 0 aromatic carbocycles. The molecule has 1 unspecified atom stereocenters. The number of esters is 2. The molecule has 1 saturated carbocycles. The SMILES string of the molecule is O=C1CCC(NC(=O)C2CC2)C(=O)O1. The van der Waals surface area contributed by atoms with Crippen molar-refractivity contribution >= 4 is 17.8 Å². The largest absolute Gasteiger partial charge is 0.392 e. The Bertz CT molecular complexity index is 295. The van der Waals surface area contributed by atoms with E-state index in [1.807, 2.05) is 0 Å². The van der Waals surface area contributed by atoms with E-state index in [9.17, 15) is 14.4 Å². The van der Waals surface area contributed by atoms with Crippen LogP contribution >= 0.6 is 0 Å². The quantitative estimate of drug-likeness (QED) is 0.489. The molecule has 2 fully saturated rings. The standard InChI is InChI=1S/C9H11NO4/c11-7-4-3-6(9(13)14-7)10-8(12)5-1-2-5/h5-6H,1-4H2,(H,10,12). The van der Waals surface area contributed by atoms with Crippen molar-refractivity contribution in [2.45, 2.75) is 31.7 Å². The topological polar surface area (TPSA) is 72.5 Å². The zero-order valence-corrected chi connectivity index (χ0v) is 7.62. The molecule has 76 valence electrons. The third-order valence-electron chi connectivity index (χ3n) is 2.40. The summed E-state index contributed by atoms with van der Waals surface area (Å²) in [6, 6.07) is -0.624. The smallest absolute Gasteiger partial charge is 0.336 e. The van der Waals surface area contributed by atoms with Crippen molar-refractivity contribution in [3.63, 3.8) is 0 Å². The molecule has 2 aliphatic rings. The molecule has 5 heteroatoms. The summed E-state index contributed by atoms with van der Waals surface area (Å²) < 4.78 is 4.41. The molecule has 1 N–H and O–H groups in total. The van der Waals surface area contributed by atoms with E-state index in [0.29, 0.717) is 6.42 Å². The predicted octanol–water partition coefficient (Wildman–Crippen LogP) is -0.255. The van der Waals surface area contributed by atoms with Gasteiger partial charge in [0.1, 0.15) is 6.04 Å². The number of hydrogen-bond donors (Lipinski definition) is 1. The van der Waals surface area contributed by atoms with Crippen molar-refractivity contribution in [3.8, 4) is 0 Å². The highest BCUT2D eigenvalue weighted by atomic mass is 16.6. The number of cyclic esters (lactones) is 2. The van der Waals surface area contributed by atoms with E-state index in [2.05, 4.69) is 10.1 Å². The first-order chi connectivity index (χ1) is 6.66. The fourth-order valence-corrected chi connectivity index (χ4v) is 1.38. The van der Waals surface area contributed by atoms with Gasteiger partial charge in [-0.1, -0.05) is 0 Å². The van der Waals surface area contributed by atoms with E-state index in [1.54, 1.807) is 0 Å². The number of carbonyl (C=O) groups excluding carboxylic acids is 3. The number of amides is 1. The third-order valence-corrected chi connectivity index (χ3v) is 2.40. The zero-order chi connectivity index (χ0) is 10.1. The lowest BCUT2D eigenvalue weighted by Gasteiger charge is -2.20. The minimum Gasteiger partial charge on any atom is -0.392 e. The van der Waals surface area contributed by atoms with Gasteiger partial charge in [-0.05, 0) is 19.3 Å². The number of rotatable bonds is 2. The normalized spacial score (nSPS) is 27.0. The van der Waals surface area contributed by atoms with Crippen LogP contribution in [0.15, 0.2) is 0 Å². The lowest BCUT2D eigenvalue weighted by atomic mass is 10.1. The molecule has 0 aromatic rings. The van der Waals surface area contributed by atoms with Crippen LogP contribution in [0.4, 0.5) is 0 Å². The minimum atomic E-state index is -0.629. The average Bonchev–Trinajstić information content (AvgIpc) is 2.92. The van der Waals surface area contributed by atoms with Gasteiger partial charge in [-0.2, -0.15) is 0 Å². The van der Waals surface area contributed by atoms with Crippen LogP contribution in [0.3, 0.4) is 0 Å². The van der Waals surface area contributed by atoms with E-state index in [4.69, 9.17) is 0 Å². The second-order valence-corrected chi connectivity index (χ2v) is 3.67. The Morgan fingerprint density at radius 1 is 1.29 bits per heavy atom. The Labute approximate surface area is 80.8 Å². The highest BCUT2D eigenvalue weighted by molar-refractivity contribution is 5.94. The number of carbonyl (C=O) groups is 3. The maximum absolute atomic E-state index is 11.3. The second-order valence-electron chi connectivity index (χ2n) is 3.67. The Morgan fingerprint density at radius 3 is 2.57 bits per heavy atom. The monoisotopic (exact) mass is 197 g/mol. The van der Waals surface area contributed by atoms with Gasteiger partial charge in [0.05, 0.1) is 0 Å². The highest BCUT2D eigenvalue weighted by Crippen LogP contribution is 2.29. The molecule has 1 saturated heterocycles. The van der Waals surface area contributed by atoms with Crippen LogP contribution in [0.2, 0.25) is 0 Å². The van der Waals surface area contributed by atoms with Crippen LogP contribution in [-0.2, 0) is 19.1 Å². The van der Waals surface area contributed by atoms with Crippen molar-refractivity contribution in [3.05, 3.63) is 0 Å². The van der Waals surface area contributed by atoms with Gasteiger partial charge in [-0.3, -0.25) is 9.59 Å². The van der Waals surface area contributed by atoms with Gasteiger partial charge in [0, 0.05) is 12.3 Å². The minimum absolute atomic E-state index is 0.0698. The van der Waals surface area contributed by atoms with Crippen molar-refractivity contribution in [1.29, 1.82) is 0 Å². The van der Waals surface area contributed by atoms with Crippen LogP contribution in [0, 0.1) is 5.92 Å². The van der Waals surface area contributed by atoms with E-state index >= 15 is 0 Å². The average molecular weight is 197 g/mol. The molecule has 0 radical (unpaired) electrons. The van der Waals surface area contributed by atoms with Crippen molar-refractivity contribution in [2.24, 2.45) is 5.92 Å². The zero-order valence-electron chi connectivity index (χ0n) is 7.62. The molecule has 5 nitrogen and oxygen atoms in total. The van der Waals surface area contributed by atoms with E-state index < -0.39 is 18.0 Å². The fourth-order valence-electron chi connectivity index (χ4n) is 1.38. The Hall–Kier alpha value is -1.39. The molecular formula is C9H11NO4. The molecule has 0 aromatic heterocycles. The first kappa shape index (κ1) is 9.18. The second kappa shape index (κ2) is 3.40. The summed E-state index contributed by atoms with van der Waals surface area (Å²) in [5, 5.41) is 2.59. The van der Waals surface area contributed by atoms with E-state index in [1.165, 1.54) is 0 Å². The Morgan fingerprint density at radius 2 is 2.00 bits per heavy atom. The molecule has 2 rings (SSSR count). The van der Waals surface area contributed by atoms with Gasteiger partial charge < -0.3 is 10.1 Å². The molecule has 1 atom stereocenters. The summed E-state index contributed by atoms with van der Waals surface area (Å²) >= 11 is 0. The number of ether oxygens (including phenoxy) is 1. The third kappa shape index (κ3) is 1.92. The van der Waals surface area contributed by atoms with Crippen LogP contribution in [0.1, 0.15) is 25.7 Å². The predicted molar refractivity (Wildman–Crippen MR) is 45.0 cm³/mol. The van der Waals surface area contributed by atoms with Gasteiger partial charge in [-0.15, -0.1) is 0 Å². The summed E-state index contributed by atoms with van der Waals surface area (Å²) in [5.41, 5.74) is 0. The lowest BCUT2D eigenvalue weighted by Crippen LogP contribution is -2.46. The lowest BCUT2D eigenvalue weighted by molar-refractivity contribution is -0.166. The van der Waals surface area contributed by atoms with E-state index in [-0.39, 0.29) is 18.2 Å². The van der Waals surface area contributed by atoms with Gasteiger partial charge in [0.15, 0.2) is 0 Å². The van der Waals surface area contributed by atoms with Crippen LogP contribution in [0.25, 0.3) is 0 Å². The van der Waals surface area contributed by atoms with Crippen molar-refractivity contribution in [1.82, 2.24) is 5.32 Å². The molecular weight excluding hydrogens is 186 g/mol. The highest BCUT2D eigenvalue weighted by Gasteiger charge is 2.35. The van der Waals surface area contributed by atoms with Gasteiger partial charge in [0.2, 0.25) is 5.91 Å². The number of nitrogens with one attached hydrogen (secondary N) is 1. The van der Waals surface area contributed by atoms with Crippen molar-refractivity contribution < 1.29 is 19.1 Å². The van der Waals surface area contributed by atoms with Gasteiger partial charge >= 0.3 is 11.9 Å². The van der Waals surface area contributed by atoms with Crippen molar-refractivity contribution in [2.75, 3.05) is 0 Å². The molecule has 1 aliphatic heterocycles.